The van der Waals surface area contributed by atoms with Crippen molar-refractivity contribution >= 4 is 44.2 Å². The molecule has 2 N–H and O–H groups in total. The molecule has 2 amide bonds. The highest BCUT2D eigenvalue weighted by atomic mass is 32.1. The topological polar surface area (TPSA) is 88.9 Å². The van der Waals surface area contributed by atoms with Gasteiger partial charge in [0.1, 0.15) is 0 Å². The van der Waals surface area contributed by atoms with Crippen molar-refractivity contribution in [2.75, 3.05) is 10.6 Å². The number of hydrogen-bond acceptors (Lipinski definition) is 5. The van der Waals surface area contributed by atoms with Gasteiger partial charge >= 0.3 is 0 Å². The Morgan fingerprint density at radius 2 is 1.83 bits per heavy atom. The van der Waals surface area contributed by atoms with Gasteiger partial charge in [-0.3, -0.25) is 9.59 Å². The summed E-state index contributed by atoms with van der Waals surface area (Å²) in [6.45, 7) is 5.35. The Bertz CT molecular complexity index is 1240. The highest BCUT2D eigenvalue weighted by Crippen LogP contribution is 2.29. The number of fused-ring (bicyclic) bond motifs is 1. The van der Waals surface area contributed by atoms with E-state index in [9.17, 15) is 9.59 Å². The summed E-state index contributed by atoms with van der Waals surface area (Å²) in [5.41, 5.74) is 5.12. The number of rotatable bonds is 5. The van der Waals surface area contributed by atoms with Gasteiger partial charge in [0.25, 0.3) is 0 Å². The van der Waals surface area contributed by atoms with Crippen molar-refractivity contribution in [3.8, 4) is 5.69 Å². The molecule has 0 aliphatic carbocycles. The van der Waals surface area contributed by atoms with Crippen molar-refractivity contribution in [1.29, 1.82) is 0 Å². The quantitative estimate of drug-likeness (QED) is 0.506. The van der Waals surface area contributed by atoms with Crippen molar-refractivity contribution in [2.24, 2.45) is 0 Å². The van der Waals surface area contributed by atoms with Gasteiger partial charge in [0.15, 0.2) is 5.13 Å². The number of hydrogen-bond donors (Lipinski definition) is 2. The molecule has 4 aromatic rings. The van der Waals surface area contributed by atoms with Gasteiger partial charge in [-0.05, 0) is 44.2 Å². The van der Waals surface area contributed by atoms with Gasteiger partial charge < -0.3 is 10.6 Å². The second-order valence-electron chi connectivity index (χ2n) is 7.00. The van der Waals surface area contributed by atoms with Gasteiger partial charge in [0.2, 0.25) is 11.8 Å². The molecule has 2 heterocycles. The summed E-state index contributed by atoms with van der Waals surface area (Å²) in [5, 5.41) is 10.8. The van der Waals surface area contributed by atoms with Crippen molar-refractivity contribution in [3.63, 3.8) is 0 Å². The predicted molar refractivity (Wildman–Crippen MR) is 119 cm³/mol. The molecule has 0 unspecified atom stereocenters. The van der Waals surface area contributed by atoms with Gasteiger partial charge in [-0.15, -0.1) is 0 Å². The molecule has 0 spiro atoms. The van der Waals surface area contributed by atoms with Crippen LogP contribution in [-0.2, 0) is 16.0 Å². The standard InChI is InChI=1S/C22H21N5O2S/c1-13-18(14(2)27(26-13)17-7-5-4-6-8-17)12-21(29)25-22-24-19-10-9-16(23-15(3)28)11-20(19)30-22/h4-11H,12H2,1-3H3,(H,23,28)(H,24,25,29). The normalized spacial score (nSPS) is 10.9. The molecule has 8 heteroatoms. The zero-order valence-corrected chi connectivity index (χ0v) is 17.7. The summed E-state index contributed by atoms with van der Waals surface area (Å²) >= 11 is 1.37. The Morgan fingerprint density at radius 3 is 2.57 bits per heavy atom. The van der Waals surface area contributed by atoms with Gasteiger partial charge in [-0.1, -0.05) is 29.5 Å². The number of carbonyl (C=O) groups excluding carboxylic acids is 2. The molecule has 2 aromatic carbocycles. The molecule has 4 rings (SSSR count). The number of thiazole rings is 1. The van der Waals surface area contributed by atoms with E-state index < -0.39 is 0 Å². The lowest BCUT2D eigenvalue weighted by molar-refractivity contribution is -0.116. The Labute approximate surface area is 177 Å². The third-order valence-corrected chi connectivity index (χ3v) is 5.67. The number of benzene rings is 2. The van der Waals surface area contributed by atoms with Crippen LogP contribution in [0, 0.1) is 13.8 Å². The van der Waals surface area contributed by atoms with Crippen molar-refractivity contribution in [3.05, 3.63) is 65.5 Å². The number of nitrogens with one attached hydrogen (secondary N) is 2. The largest absolute Gasteiger partial charge is 0.326 e. The van der Waals surface area contributed by atoms with Gasteiger partial charge in [-0.2, -0.15) is 5.10 Å². The van der Waals surface area contributed by atoms with Crippen molar-refractivity contribution in [2.45, 2.75) is 27.2 Å². The van der Waals surface area contributed by atoms with E-state index in [4.69, 9.17) is 0 Å². The van der Waals surface area contributed by atoms with Crippen LogP contribution in [0.2, 0.25) is 0 Å². The number of aryl methyl sites for hydroxylation is 1. The monoisotopic (exact) mass is 419 g/mol. The summed E-state index contributed by atoms with van der Waals surface area (Å²) in [5.74, 6) is -0.274. The lowest BCUT2D eigenvalue weighted by Crippen LogP contribution is -2.15. The zero-order chi connectivity index (χ0) is 21.3. The lowest BCUT2D eigenvalue weighted by Gasteiger charge is -2.05. The smallest absolute Gasteiger partial charge is 0.230 e. The van der Waals surface area contributed by atoms with Crippen LogP contribution in [0.4, 0.5) is 10.8 Å². The van der Waals surface area contributed by atoms with E-state index in [1.54, 1.807) is 6.07 Å². The second-order valence-corrected chi connectivity index (χ2v) is 8.04. The fourth-order valence-electron chi connectivity index (χ4n) is 3.33. The summed E-state index contributed by atoms with van der Waals surface area (Å²) in [4.78, 5) is 28.4. The molecule has 0 atom stereocenters. The molecule has 7 nitrogen and oxygen atoms in total. The van der Waals surface area contributed by atoms with Crippen LogP contribution < -0.4 is 10.6 Å². The molecule has 0 aliphatic rings. The van der Waals surface area contributed by atoms with E-state index in [1.165, 1.54) is 18.3 Å². The first-order valence-electron chi connectivity index (χ1n) is 9.49. The van der Waals surface area contributed by atoms with Crippen molar-refractivity contribution in [1.82, 2.24) is 14.8 Å². The number of nitrogens with zero attached hydrogens (tertiary/aromatic N) is 3. The van der Waals surface area contributed by atoms with E-state index in [0.29, 0.717) is 10.8 Å². The lowest BCUT2D eigenvalue weighted by atomic mass is 10.1. The number of amides is 2. The second kappa shape index (κ2) is 8.08. The zero-order valence-electron chi connectivity index (χ0n) is 16.9. The highest BCUT2D eigenvalue weighted by Gasteiger charge is 2.17. The van der Waals surface area contributed by atoms with Crippen LogP contribution in [0.1, 0.15) is 23.9 Å². The summed E-state index contributed by atoms with van der Waals surface area (Å²) < 4.78 is 2.75. The first-order valence-corrected chi connectivity index (χ1v) is 10.3. The minimum absolute atomic E-state index is 0.130. The average molecular weight is 420 g/mol. The van der Waals surface area contributed by atoms with Crippen LogP contribution in [0.3, 0.4) is 0 Å². The summed E-state index contributed by atoms with van der Waals surface area (Å²) in [6, 6.07) is 15.3. The minimum Gasteiger partial charge on any atom is -0.326 e. The minimum atomic E-state index is -0.144. The number of para-hydroxylation sites is 1. The summed E-state index contributed by atoms with van der Waals surface area (Å²) in [7, 11) is 0. The first-order chi connectivity index (χ1) is 14.4. The maximum Gasteiger partial charge on any atom is 0.230 e. The van der Waals surface area contributed by atoms with Crippen LogP contribution in [0.5, 0.6) is 0 Å². The molecule has 2 aromatic heterocycles. The van der Waals surface area contributed by atoms with E-state index in [2.05, 4.69) is 20.7 Å². The Balaban J connectivity index is 1.51. The predicted octanol–water partition coefficient (Wildman–Crippen LogP) is 4.24. The molecular weight excluding hydrogens is 398 g/mol. The molecular formula is C22H21N5O2S. The maximum atomic E-state index is 12.7. The SMILES string of the molecule is CC(=O)Nc1ccc2nc(NC(=O)Cc3c(C)nn(-c4ccccc4)c3C)sc2c1. The van der Waals surface area contributed by atoms with Crippen LogP contribution in [0.25, 0.3) is 15.9 Å². The highest BCUT2D eigenvalue weighted by molar-refractivity contribution is 7.22. The third kappa shape index (κ3) is 4.08. The van der Waals surface area contributed by atoms with Gasteiger partial charge in [0, 0.05) is 23.9 Å². The number of anilines is 2. The van der Waals surface area contributed by atoms with Gasteiger partial charge in [-0.25, -0.2) is 9.67 Å². The third-order valence-electron chi connectivity index (χ3n) is 4.73. The molecule has 152 valence electrons. The maximum absolute atomic E-state index is 12.7. The van der Waals surface area contributed by atoms with Crippen molar-refractivity contribution < 1.29 is 9.59 Å². The molecule has 0 aliphatic heterocycles. The molecule has 30 heavy (non-hydrogen) atoms. The molecule has 0 bridgehead atoms. The Kier molecular flexibility index (Phi) is 5.33. The number of carbonyl (C=O) groups is 2. The fourth-order valence-corrected chi connectivity index (χ4v) is 4.26. The van der Waals surface area contributed by atoms with Gasteiger partial charge in [0.05, 0.1) is 28.0 Å². The van der Waals surface area contributed by atoms with E-state index in [-0.39, 0.29) is 18.2 Å². The molecule has 0 saturated heterocycles. The van der Waals surface area contributed by atoms with Crippen LogP contribution >= 0.6 is 11.3 Å². The summed E-state index contributed by atoms with van der Waals surface area (Å²) in [6.07, 6.45) is 0.220. The average Bonchev–Trinajstić information content (AvgIpc) is 3.22. The fraction of sp³-hybridized carbons (Fsp3) is 0.182. The molecule has 0 radical (unpaired) electrons. The number of aromatic nitrogens is 3. The van der Waals surface area contributed by atoms with E-state index in [0.717, 1.165) is 32.9 Å². The van der Waals surface area contributed by atoms with E-state index in [1.807, 2.05) is 61.0 Å². The Hall–Kier alpha value is -3.52. The first kappa shape index (κ1) is 19.8. The van der Waals surface area contributed by atoms with Crippen LogP contribution in [0.15, 0.2) is 48.5 Å². The van der Waals surface area contributed by atoms with Crippen LogP contribution in [-0.4, -0.2) is 26.6 Å². The molecule has 0 saturated carbocycles. The molecule has 0 fully saturated rings. The van der Waals surface area contributed by atoms with E-state index >= 15 is 0 Å². The Morgan fingerprint density at radius 1 is 1.07 bits per heavy atom.